The van der Waals surface area contributed by atoms with Gasteiger partial charge in [0, 0.05) is 19.6 Å². The summed E-state index contributed by atoms with van der Waals surface area (Å²) in [4.78, 5) is 10.9. The Morgan fingerprint density at radius 2 is 2.06 bits per heavy atom. The molecule has 2 N–H and O–H groups in total. The molecule has 6 nitrogen and oxygen atoms in total. The molecule has 0 spiro atoms. The van der Waals surface area contributed by atoms with Crippen molar-refractivity contribution in [3.63, 3.8) is 0 Å². The molecule has 1 aliphatic heterocycles. The molecule has 1 saturated carbocycles. The van der Waals surface area contributed by atoms with E-state index in [1.54, 1.807) is 0 Å². The number of carboxylic acids is 1. The van der Waals surface area contributed by atoms with E-state index >= 15 is 0 Å². The third-order valence-corrected chi connectivity index (χ3v) is 4.87. The zero-order chi connectivity index (χ0) is 12.5. The largest absolute Gasteiger partial charge is 0.481 e. The van der Waals surface area contributed by atoms with Crippen LogP contribution in [0.4, 0.5) is 0 Å². The van der Waals surface area contributed by atoms with Crippen LogP contribution >= 0.6 is 0 Å². The molecule has 7 heteroatoms. The molecule has 2 fully saturated rings. The van der Waals surface area contributed by atoms with E-state index in [1.807, 2.05) is 0 Å². The Hall–Kier alpha value is -0.660. The SMILES string of the molecule is O=C(O)C1CCCN(S(=O)(=O)NCC2CC2)C1. The Morgan fingerprint density at radius 1 is 1.35 bits per heavy atom. The normalized spacial score (nSPS) is 26.9. The van der Waals surface area contributed by atoms with E-state index in [4.69, 9.17) is 5.11 Å². The van der Waals surface area contributed by atoms with Crippen molar-refractivity contribution in [2.24, 2.45) is 11.8 Å². The maximum absolute atomic E-state index is 11.9. The maximum atomic E-state index is 11.9. The third-order valence-electron chi connectivity index (χ3n) is 3.32. The minimum atomic E-state index is -3.48. The topological polar surface area (TPSA) is 86.7 Å². The highest BCUT2D eigenvalue weighted by Gasteiger charge is 2.33. The highest BCUT2D eigenvalue weighted by atomic mass is 32.2. The molecule has 0 aromatic carbocycles. The minimum Gasteiger partial charge on any atom is -0.481 e. The van der Waals surface area contributed by atoms with Gasteiger partial charge in [0.1, 0.15) is 0 Å². The average Bonchev–Trinajstić information content (AvgIpc) is 3.10. The first-order chi connectivity index (χ1) is 7.99. The second-order valence-electron chi connectivity index (χ2n) is 4.83. The molecule has 0 aromatic heterocycles. The van der Waals surface area contributed by atoms with Gasteiger partial charge in [0.05, 0.1) is 5.92 Å². The quantitative estimate of drug-likeness (QED) is 0.731. The predicted octanol–water partition coefficient (Wildman–Crippen LogP) is 0.0274. The number of carbonyl (C=O) groups is 1. The Balaban J connectivity index is 1.92. The first-order valence-corrected chi connectivity index (χ1v) is 7.40. The van der Waals surface area contributed by atoms with Gasteiger partial charge < -0.3 is 5.11 Å². The van der Waals surface area contributed by atoms with Crippen LogP contribution in [-0.2, 0) is 15.0 Å². The Labute approximate surface area is 101 Å². The van der Waals surface area contributed by atoms with Gasteiger partial charge in [-0.15, -0.1) is 0 Å². The molecule has 1 heterocycles. The van der Waals surface area contributed by atoms with Gasteiger partial charge in [0.25, 0.3) is 10.2 Å². The molecule has 1 aliphatic carbocycles. The van der Waals surface area contributed by atoms with Gasteiger partial charge in [-0.2, -0.15) is 12.7 Å². The zero-order valence-electron chi connectivity index (χ0n) is 9.63. The number of rotatable bonds is 5. The summed E-state index contributed by atoms with van der Waals surface area (Å²) in [6, 6.07) is 0. The third kappa shape index (κ3) is 3.40. The lowest BCUT2D eigenvalue weighted by atomic mass is 10.0. The van der Waals surface area contributed by atoms with Gasteiger partial charge in [-0.25, -0.2) is 4.72 Å². The van der Waals surface area contributed by atoms with Crippen molar-refractivity contribution in [3.8, 4) is 0 Å². The van der Waals surface area contributed by atoms with Crippen molar-refractivity contribution in [2.45, 2.75) is 25.7 Å². The van der Waals surface area contributed by atoms with Gasteiger partial charge in [-0.1, -0.05) is 0 Å². The molecule has 17 heavy (non-hydrogen) atoms. The first kappa shape index (κ1) is 12.8. The fourth-order valence-electron chi connectivity index (χ4n) is 2.00. The van der Waals surface area contributed by atoms with Gasteiger partial charge >= 0.3 is 5.97 Å². The number of aliphatic carboxylic acids is 1. The van der Waals surface area contributed by atoms with Crippen LogP contribution in [0, 0.1) is 11.8 Å². The van der Waals surface area contributed by atoms with Crippen molar-refractivity contribution < 1.29 is 18.3 Å². The van der Waals surface area contributed by atoms with Crippen LogP contribution in [0.2, 0.25) is 0 Å². The first-order valence-electron chi connectivity index (χ1n) is 5.96. The van der Waals surface area contributed by atoms with Gasteiger partial charge in [0.15, 0.2) is 0 Å². The van der Waals surface area contributed by atoms with Gasteiger partial charge in [0.2, 0.25) is 0 Å². The van der Waals surface area contributed by atoms with Crippen LogP contribution in [0.1, 0.15) is 25.7 Å². The highest BCUT2D eigenvalue weighted by molar-refractivity contribution is 7.87. The Morgan fingerprint density at radius 3 is 2.65 bits per heavy atom. The molecule has 1 atom stereocenters. The summed E-state index contributed by atoms with van der Waals surface area (Å²) in [6.07, 6.45) is 3.34. The van der Waals surface area contributed by atoms with Crippen molar-refractivity contribution in [2.75, 3.05) is 19.6 Å². The zero-order valence-corrected chi connectivity index (χ0v) is 10.4. The lowest BCUT2D eigenvalue weighted by Crippen LogP contribution is -2.47. The second kappa shape index (κ2) is 4.91. The summed E-state index contributed by atoms with van der Waals surface area (Å²) in [7, 11) is -3.48. The standard InChI is InChI=1S/C10H18N2O4S/c13-10(14)9-2-1-5-12(7-9)17(15,16)11-6-8-3-4-8/h8-9,11H,1-7H2,(H,13,14). The molecular formula is C10H18N2O4S. The minimum absolute atomic E-state index is 0.0926. The van der Waals surface area contributed by atoms with Crippen LogP contribution in [0.25, 0.3) is 0 Å². The lowest BCUT2D eigenvalue weighted by molar-refractivity contribution is -0.142. The number of nitrogens with zero attached hydrogens (tertiary/aromatic N) is 1. The summed E-state index contributed by atoms with van der Waals surface area (Å²) >= 11 is 0. The predicted molar refractivity (Wildman–Crippen MR) is 61.6 cm³/mol. The van der Waals surface area contributed by atoms with Crippen LogP contribution in [0.5, 0.6) is 0 Å². The van der Waals surface area contributed by atoms with E-state index < -0.39 is 22.1 Å². The van der Waals surface area contributed by atoms with Crippen LogP contribution in [0.3, 0.4) is 0 Å². The van der Waals surface area contributed by atoms with Crippen molar-refractivity contribution in [1.29, 1.82) is 0 Å². The monoisotopic (exact) mass is 262 g/mol. The van der Waals surface area contributed by atoms with E-state index in [-0.39, 0.29) is 6.54 Å². The van der Waals surface area contributed by atoms with Crippen LogP contribution < -0.4 is 4.72 Å². The molecule has 0 bridgehead atoms. The highest BCUT2D eigenvalue weighted by Crippen LogP contribution is 2.28. The number of carboxylic acid groups (broad SMARTS) is 1. The molecule has 1 unspecified atom stereocenters. The van der Waals surface area contributed by atoms with Crippen molar-refractivity contribution in [3.05, 3.63) is 0 Å². The summed E-state index contributed by atoms with van der Waals surface area (Å²) in [5.74, 6) is -1.00. The molecule has 2 rings (SSSR count). The molecule has 1 saturated heterocycles. The van der Waals surface area contributed by atoms with Gasteiger partial charge in [-0.05, 0) is 31.6 Å². The van der Waals surface area contributed by atoms with Crippen molar-refractivity contribution in [1.82, 2.24) is 9.03 Å². The van der Waals surface area contributed by atoms with E-state index in [9.17, 15) is 13.2 Å². The number of piperidine rings is 1. The van der Waals surface area contributed by atoms with E-state index in [1.165, 1.54) is 4.31 Å². The molecule has 0 amide bonds. The van der Waals surface area contributed by atoms with E-state index in [0.29, 0.717) is 31.8 Å². The average molecular weight is 262 g/mol. The summed E-state index contributed by atoms with van der Waals surface area (Å²) < 4.78 is 27.6. The van der Waals surface area contributed by atoms with E-state index in [2.05, 4.69) is 4.72 Å². The smallest absolute Gasteiger partial charge is 0.307 e. The lowest BCUT2D eigenvalue weighted by Gasteiger charge is -2.29. The summed E-state index contributed by atoms with van der Waals surface area (Å²) in [6.45, 7) is 0.996. The molecular weight excluding hydrogens is 244 g/mol. The summed E-state index contributed by atoms with van der Waals surface area (Å²) in [5, 5.41) is 8.91. The van der Waals surface area contributed by atoms with Crippen molar-refractivity contribution >= 4 is 16.2 Å². The molecule has 0 aromatic rings. The fraction of sp³-hybridized carbons (Fsp3) is 0.900. The van der Waals surface area contributed by atoms with Gasteiger partial charge in [-0.3, -0.25) is 4.79 Å². The number of hydrogen-bond acceptors (Lipinski definition) is 3. The number of nitrogens with one attached hydrogen (secondary N) is 1. The molecule has 98 valence electrons. The van der Waals surface area contributed by atoms with E-state index in [0.717, 1.165) is 12.8 Å². The second-order valence-corrected chi connectivity index (χ2v) is 6.59. The number of hydrogen-bond donors (Lipinski definition) is 2. The molecule has 0 radical (unpaired) electrons. The Bertz CT molecular complexity index is 391. The fourth-order valence-corrected chi connectivity index (χ4v) is 3.37. The van der Waals surface area contributed by atoms with Crippen LogP contribution in [0.15, 0.2) is 0 Å². The summed E-state index contributed by atoms with van der Waals surface area (Å²) in [5.41, 5.74) is 0. The molecule has 2 aliphatic rings. The van der Waals surface area contributed by atoms with Crippen LogP contribution in [-0.4, -0.2) is 43.4 Å². The maximum Gasteiger partial charge on any atom is 0.307 e. The Kier molecular flexibility index (Phi) is 3.70.